The minimum atomic E-state index is -4.11. The molecule has 3 aromatic carbocycles. The number of nitrogens with zero attached hydrogens (tertiary/aromatic N) is 2. The second-order valence-electron chi connectivity index (χ2n) is 10.6. The third kappa shape index (κ3) is 8.51. The average molecular weight is 618 g/mol. The van der Waals surface area contributed by atoms with Crippen LogP contribution in [0.2, 0.25) is 5.02 Å². The maximum absolute atomic E-state index is 14.1. The highest BCUT2D eigenvalue weighted by Crippen LogP contribution is 2.24. The number of carbonyl (C=O) groups is 2. The van der Waals surface area contributed by atoms with Gasteiger partial charge in [-0.3, -0.25) is 13.9 Å². The fourth-order valence-electron chi connectivity index (χ4n) is 5.18. The lowest BCUT2D eigenvalue weighted by Crippen LogP contribution is -2.55. The van der Waals surface area contributed by atoms with E-state index < -0.39 is 40.2 Å². The summed E-state index contributed by atoms with van der Waals surface area (Å²) in [6.45, 7) is -0.767. The Balaban J connectivity index is 1.73. The quantitative estimate of drug-likeness (QED) is 0.309. The molecule has 42 heavy (non-hydrogen) atoms. The lowest BCUT2D eigenvalue weighted by atomic mass is 9.94. The van der Waals surface area contributed by atoms with E-state index in [2.05, 4.69) is 5.32 Å². The van der Waals surface area contributed by atoms with Gasteiger partial charge < -0.3 is 10.2 Å². The molecular formula is C31H34ClF2N3O4S. The molecule has 0 aromatic heterocycles. The first-order valence-electron chi connectivity index (χ1n) is 13.8. The molecule has 1 fully saturated rings. The van der Waals surface area contributed by atoms with E-state index in [4.69, 9.17) is 11.6 Å². The van der Waals surface area contributed by atoms with Crippen molar-refractivity contribution in [3.8, 4) is 0 Å². The molecule has 224 valence electrons. The second kappa shape index (κ2) is 14.1. The summed E-state index contributed by atoms with van der Waals surface area (Å²) in [5.74, 6) is -3.44. The van der Waals surface area contributed by atoms with E-state index in [0.29, 0.717) is 14.9 Å². The molecule has 1 unspecified atom stereocenters. The highest BCUT2D eigenvalue weighted by molar-refractivity contribution is 7.92. The lowest BCUT2D eigenvalue weighted by Gasteiger charge is -2.35. The van der Waals surface area contributed by atoms with Crippen LogP contribution in [-0.2, 0) is 32.6 Å². The van der Waals surface area contributed by atoms with Crippen molar-refractivity contribution >= 4 is 39.1 Å². The van der Waals surface area contributed by atoms with Crippen LogP contribution < -0.4 is 9.62 Å². The molecule has 1 N–H and O–H groups in total. The molecule has 1 aliphatic carbocycles. The molecule has 4 rings (SSSR count). The van der Waals surface area contributed by atoms with Gasteiger partial charge in [0.25, 0.3) is 0 Å². The molecule has 2 amide bonds. The first-order valence-corrected chi connectivity index (χ1v) is 16.0. The molecule has 0 aliphatic heterocycles. The van der Waals surface area contributed by atoms with Gasteiger partial charge in [-0.05, 0) is 48.2 Å². The smallest absolute Gasteiger partial charge is 0.244 e. The molecule has 0 heterocycles. The van der Waals surface area contributed by atoms with E-state index in [-0.39, 0.29) is 30.6 Å². The molecule has 1 atom stereocenters. The minimum Gasteiger partial charge on any atom is -0.352 e. The third-order valence-electron chi connectivity index (χ3n) is 7.33. The standard InChI is InChI=1S/C31H34ClF2N3O4S/c1-42(40,41)37(26-15-16-27(33)28(34)19-26)21-30(38)36(20-23-11-8-12-24(32)17-23)29(18-22-9-4-2-5-10-22)31(39)35-25-13-6-3-7-14-25/h2,4-5,8-12,15-17,19,25,29H,3,6-7,13-14,18,20-21H2,1H3,(H,35,39). The Labute approximate surface area is 250 Å². The van der Waals surface area contributed by atoms with Crippen LogP contribution in [-0.4, -0.2) is 50.0 Å². The molecule has 1 aliphatic rings. The summed E-state index contributed by atoms with van der Waals surface area (Å²) in [6.07, 6.45) is 5.82. The summed E-state index contributed by atoms with van der Waals surface area (Å²) in [4.78, 5) is 29.3. The van der Waals surface area contributed by atoms with Crippen LogP contribution in [0.3, 0.4) is 0 Å². The second-order valence-corrected chi connectivity index (χ2v) is 12.9. The van der Waals surface area contributed by atoms with Crippen LogP contribution in [0.1, 0.15) is 43.2 Å². The normalized spacial score (nSPS) is 14.7. The van der Waals surface area contributed by atoms with Crippen LogP contribution in [0, 0.1) is 11.6 Å². The van der Waals surface area contributed by atoms with E-state index in [9.17, 15) is 26.8 Å². The number of nitrogens with one attached hydrogen (secondary N) is 1. The molecule has 3 aromatic rings. The van der Waals surface area contributed by atoms with Gasteiger partial charge >= 0.3 is 0 Å². The molecule has 0 radical (unpaired) electrons. The Morgan fingerprint density at radius 3 is 2.26 bits per heavy atom. The van der Waals surface area contributed by atoms with Gasteiger partial charge in [-0.2, -0.15) is 0 Å². The van der Waals surface area contributed by atoms with E-state index >= 15 is 0 Å². The Bertz CT molecular complexity index is 1500. The topological polar surface area (TPSA) is 86.8 Å². The van der Waals surface area contributed by atoms with Gasteiger partial charge in [0.2, 0.25) is 21.8 Å². The van der Waals surface area contributed by atoms with Crippen molar-refractivity contribution in [1.29, 1.82) is 0 Å². The zero-order valence-corrected chi connectivity index (χ0v) is 24.9. The van der Waals surface area contributed by atoms with Gasteiger partial charge in [0.15, 0.2) is 11.6 Å². The summed E-state index contributed by atoms with van der Waals surface area (Å²) >= 11 is 6.22. The zero-order valence-electron chi connectivity index (χ0n) is 23.3. The van der Waals surface area contributed by atoms with Crippen molar-refractivity contribution in [2.45, 2.75) is 57.2 Å². The van der Waals surface area contributed by atoms with Crippen LogP contribution in [0.5, 0.6) is 0 Å². The van der Waals surface area contributed by atoms with Crippen LogP contribution in [0.4, 0.5) is 14.5 Å². The predicted octanol–water partition coefficient (Wildman–Crippen LogP) is 5.47. The number of hydrogen-bond donors (Lipinski definition) is 1. The monoisotopic (exact) mass is 617 g/mol. The Morgan fingerprint density at radius 1 is 0.929 bits per heavy atom. The largest absolute Gasteiger partial charge is 0.352 e. The Morgan fingerprint density at radius 2 is 1.62 bits per heavy atom. The fourth-order valence-corrected chi connectivity index (χ4v) is 6.24. The fraction of sp³-hybridized carbons (Fsp3) is 0.355. The number of hydrogen-bond acceptors (Lipinski definition) is 4. The third-order valence-corrected chi connectivity index (χ3v) is 8.71. The van der Waals surface area contributed by atoms with Crippen molar-refractivity contribution < 1.29 is 26.8 Å². The van der Waals surface area contributed by atoms with Crippen LogP contribution in [0.15, 0.2) is 72.8 Å². The summed E-state index contributed by atoms with van der Waals surface area (Å²) in [6, 6.07) is 17.7. The first kappa shape index (κ1) is 31.4. The van der Waals surface area contributed by atoms with Gasteiger partial charge in [0, 0.05) is 30.1 Å². The van der Waals surface area contributed by atoms with Crippen molar-refractivity contribution in [1.82, 2.24) is 10.2 Å². The lowest BCUT2D eigenvalue weighted by molar-refractivity contribution is -0.140. The maximum Gasteiger partial charge on any atom is 0.244 e. The van der Waals surface area contributed by atoms with Crippen molar-refractivity contribution in [2.75, 3.05) is 17.1 Å². The SMILES string of the molecule is CS(=O)(=O)N(CC(=O)N(Cc1cccc(Cl)c1)C(Cc1ccccc1)C(=O)NC1CCCCC1)c1ccc(F)c(F)c1. The molecule has 0 bridgehead atoms. The van der Waals surface area contributed by atoms with E-state index in [1.807, 2.05) is 30.3 Å². The Hall–Kier alpha value is -3.50. The number of amides is 2. The van der Waals surface area contributed by atoms with Crippen LogP contribution >= 0.6 is 11.6 Å². The van der Waals surface area contributed by atoms with Gasteiger partial charge in [-0.15, -0.1) is 0 Å². The summed E-state index contributed by atoms with van der Waals surface area (Å²) < 4.78 is 54.0. The van der Waals surface area contributed by atoms with Crippen molar-refractivity contribution in [2.24, 2.45) is 0 Å². The molecule has 0 spiro atoms. The zero-order chi connectivity index (χ0) is 30.3. The van der Waals surface area contributed by atoms with Gasteiger partial charge in [0.05, 0.1) is 11.9 Å². The number of halogens is 3. The molecule has 11 heteroatoms. The molecule has 1 saturated carbocycles. The van der Waals surface area contributed by atoms with Crippen LogP contribution in [0.25, 0.3) is 0 Å². The number of rotatable bonds is 11. The van der Waals surface area contributed by atoms with E-state index in [1.54, 1.807) is 24.3 Å². The highest BCUT2D eigenvalue weighted by atomic mass is 35.5. The number of benzene rings is 3. The molecular weight excluding hydrogens is 584 g/mol. The van der Waals surface area contributed by atoms with E-state index in [1.165, 1.54) is 4.90 Å². The maximum atomic E-state index is 14.1. The summed E-state index contributed by atoms with van der Waals surface area (Å²) in [7, 11) is -4.11. The van der Waals surface area contributed by atoms with Gasteiger partial charge in [-0.1, -0.05) is 73.3 Å². The van der Waals surface area contributed by atoms with Gasteiger partial charge in [0.1, 0.15) is 12.6 Å². The number of sulfonamides is 1. The molecule has 0 saturated heterocycles. The average Bonchev–Trinajstić information content (AvgIpc) is 2.95. The summed E-state index contributed by atoms with van der Waals surface area (Å²) in [5.41, 5.74) is 1.24. The van der Waals surface area contributed by atoms with Gasteiger partial charge in [-0.25, -0.2) is 17.2 Å². The minimum absolute atomic E-state index is 0.0256. The predicted molar refractivity (Wildman–Crippen MR) is 159 cm³/mol. The van der Waals surface area contributed by atoms with Crippen molar-refractivity contribution in [3.05, 3.63) is 101 Å². The first-order chi connectivity index (χ1) is 20.0. The van der Waals surface area contributed by atoms with Crippen molar-refractivity contribution in [3.63, 3.8) is 0 Å². The summed E-state index contributed by atoms with van der Waals surface area (Å²) in [5, 5.41) is 3.55. The number of anilines is 1. The Kier molecular flexibility index (Phi) is 10.6. The highest BCUT2D eigenvalue weighted by Gasteiger charge is 2.34. The van der Waals surface area contributed by atoms with E-state index in [0.717, 1.165) is 62.1 Å². The number of carbonyl (C=O) groups excluding carboxylic acids is 2. The molecule has 7 nitrogen and oxygen atoms in total.